The van der Waals surface area contributed by atoms with Gasteiger partial charge in [0, 0.05) is 3.92 Å². The van der Waals surface area contributed by atoms with E-state index in [2.05, 4.69) is 69.0 Å². The first-order chi connectivity index (χ1) is 15.1. The number of rotatable bonds is 8. The van der Waals surface area contributed by atoms with Gasteiger partial charge in [-0.15, -0.1) is 0 Å². The van der Waals surface area contributed by atoms with Crippen molar-refractivity contribution >= 4 is 22.6 Å². The molecule has 3 rings (SSSR count). The molecule has 32 heavy (non-hydrogen) atoms. The maximum atomic E-state index is 10.7. The van der Waals surface area contributed by atoms with Crippen LogP contribution in [0, 0.1) is 23.2 Å². The molecule has 3 heteroatoms. The van der Waals surface area contributed by atoms with Crippen LogP contribution in [-0.2, 0) is 0 Å². The molecule has 182 valence electrons. The highest BCUT2D eigenvalue weighted by Crippen LogP contribution is 2.60. The van der Waals surface area contributed by atoms with Crippen molar-refractivity contribution < 1.29 is 10.2 Å². The zero-order valence-corrected chi connectivity index (χ0v) is 23.2. The van der Waals surface area contributed by atoms with Crippen LogP contribution in [0.2, 0.25) is 0 Å². The highest BCUT2D eigenvalue weighted by molar-refractivity contribution is 14.1. The van der Waals surface area contributed by atoms with Crippen molar-refractivity contribution in [2.24, 2.45) is 23.2 Å². The second-order valence-corrected chi connectivity index (χ2v) is 12.9. The lowest BCUT2D eigenvalue weighted by Gasteiger charge is -2.44. The van der Waals surface area contributed by atoms with Crippen LogP contribution >= 0.6 is 22.6 Å². The van der Waals surface area contributed by atoms with E-state index in [4.69, 9.17) is 0 Å². The molecule has 3 saturated carbocycles. The Labute approximate surface area is 211 Å². The fraction of sp³-hybridized carbons (Fsp3) is 0.793. The van der Waals surface area contributed by atoms with Gasteiger partial charge in [-0.25, -0.2) is 0 Å². The Kier molecular flexibility index (Phi) is 9.16. The topological polar surface area (TPSA) is 40.5 Å². The normalized spacial score (nSPS) is 37.2. The number of fused-ring (bicyclic) bond motifs is 1. The second kappa shape index (κ2) is 11.1. The highest BCUT2D eigenvalue weighted by Gasteiger charge is 2.50. The van der Waals surface area contributed by atoms with Crippen LogP contribution < -0.4 is 0 Å². The zero-order chi connectivity index (χ0) is 23.5. The molecule has 2 unspecified atom stereocenters. The van der Waals surface area contributed by atoms with E-state index >= 15 is 0 Å². The average Bonchev–Trinajstić information content (AvgIpc) is 3.13. The molecule has 0 saturated heterocycles. The van der Waals surface area contributed by atoms with Crippen molar-refractivity contribution in [1.82, 2.24) is 0 Å². The van der Waals surface area contributed by atoms with Crippen molar-refractivity contribution in [2.45, 2.75) is 120 Å². The summed E-state index contributed by atoms with van der Waals surface area (Å²) < 4.78 is 0.354. The Bertz CT molecular complexity index is 703. The molecule has 6 atom stereocenters. The van der Waals surface area contributed by atoms with E-state index in [-0.39, 0.29) is 6.10 Å². The summed E-state index contributed by atoms with van der Waals surface area (Å²) in [6.45, 7) is 13.4. The smallest absolute Gasteiger partial charge is 0.0795 e. The van der Waals surface area contributed by atoms with Crippen molar-refractivity contribution in [2.75, 3.05) is 0 Å². The van der Waals surface area contributed by atoms with Gasteiger partial charge in [-0.3, -0.25) is 0 Å². The van der Waals surface area contributed by atoms with Crippen LogP contribution in [0.1, 0.15) is 105 Å². The van der Waals surface area contributed by atoms with Gasteiger partial charge in [-0.2, -0.15) is 0 Å². The van der Waals surface area contributed by atoms with Gasteiger partial charge in [-0.05, 0) is 93.0 Å². The SMILES string of the molecule is C=C1[C@H](O)C/C(=C\C=C2/CCC[C@@]3(C)C2CCC3[C@@H](C)CCCC(O)(CC)CC)C[C@H]1I. The van der Waals surface area contributed by atoms with Crippen molar-refractivity contribution in [3.05, 3.63) is 35.5 Å². The minimum atomic E-state index is -0.452. The van der Waals surface area contributed by atoms with E-state index in [1.165, 1.54) is 44.1 Å². The van der Waals surface area contributed by atoms with Gasteiger partial charge in [0.05, 0.1) is 11.7 Å². The van der Waals surface area contributed by atoms with Crippen LogP contribution in [0.5, 0.6) is 0 Å². The molecule has 2 nitrogen and oxygen atoms in total. The average molecular weight is 555 g/mol. The van der Waals surface area contributed by atoms with Crippen LogP contribution in [0.15, 0.2) is 35.5 Å². The van der Waals surface area contributed by atoms with Gasteiger partial charge in [0.15, 0.2) is 0 Å². The monoisotopic (exact) mass is 554 g/mol. The first-order valence-electron chi connectivity index (χ1n) is 13.2. The predicted octanol–water partition coefficient (Wildman–Crippen LogP) is 7.93. The van der Waals surface area contributed by atoms with Gasteiger partial charge in [-0.1, -0.05) is 93.0 Å². The number of allylic oxidation sites excluding steroid dienone is 3. The molecule has 0 aromatic carbocycles. The first kappa shape index (κ1) is 26.5. The van der Waals surface area contributed by atoms with Crippen LogP contribution in [0.25, 0.3) is 0 Å². The Morgan fingerprint density at radius 1 is 1.22 bits per heavy atom. The summed E-state index contributed by atoms with van der Waals surface area (Å²) in [6, 6.07) is 0. The lowest BCUT2D eigenvalue weighted by Crippen LogP contribution is -2.36. The Balaban J connectivity index is 1.65. The number of hydrogen-bond donors (Lipinski definition) is 2. The van der Waals surface area contributed by atoms with Crippen LogP contribution in [0.4, 0.5) is 0 Å². The second-order valence-electron chi connectivity index (χ2n) is 11.4. The highest BCUT2D eigenvalue weighted by atomic mass is 127. The van der Waals surface area contributed by atoms with Crippen molar-refractivity contribution in [3.8, 4) is 0 Å². The molecule has 0 aromatic heterocycles. The maximum absolute atomic E-state index is 10.7. The van der Waals surface area contributed by atoms with E-state index in [0.29, 0.717) is 9.34 Å². The van der Waals surface area contributed by atoms with Gasteiger partial charge < -0.3 is 10.2 Å². The summed E-state index contributed by atoms with van der Waals surface area (Å²) >= 11 is 2.43. The molecule has 0 amide bonds. The number of hydrogen-bond acceptors (Lipinski definition) is 2. The number of alkyl halides is 1. The maximum Gasteiger partial charge on any atom is 0.0795 e. The fourth-order valence-corrected chi connectivity index (χ4v) is 8.15. The molecule has 0 spiro atoms. The molecule has 2 N–H and O–H groups in total. The predicted molar refractivity (Wildman–Crippen MR) is 145 cm³/mol. The molecule has 0 aromatic rings. The van der Waals surface area contributed by atoms with E-state index in [0.717, 1.165) is 61.9 Å². The third-order valence-electron chi connectivity index (χ3n) is 9.60. The van der Waals surface area contributed by atoms with Crippen molar-refractivity contribution in [3.63, 3.8) is 0 Å². The molecule has 0 bridgehead atoms. The zero-order valence-electron chi connectivity index (χ0n) is 21.0. The standard InChI is InChI=1S/C29H47IO2/c1-6-29(32,7-2)17-8-10-20(3)24-14-15-25-23(11-9-16-28(24,25)5)13-12-22-18-26(30)21(4)27(31)19-22/h12-13,20,24-27,31-32H,4,6-11,14-19H2,1-3,5H3/b22-12-,23-13+/t20-,24?,25?,26+,27+,28+/m0/s1. The van der Waals surface area contributed by atoms with Gasteiger partial charge in [0.1, 0.15) is 0 Å². The molecule has 0 aliphatic heterocycles. The molecular weight excluding hydrogens is 507 g/mol. The molecular formula is C29H47IO2. The lowest BCUT2D eigenvalue weighted by atomic mass is 9.60. The summed E-state index contributed by atoms with van der Waals surface area (Å²) in [7, 11) is 0. The minimum Gasteiger partial charge on any atom is -0.390 e. The Hall–Kier alpha value is -0.130. The number of aliphatic hydroxyl groups is 2. The molecule has 3 fully saturated rings. The van der Waals surface area contributed by atoms with E-state index in [1.54, 1.807) is 5.57 Å². The van der Waals surface area contributed by atoms with Crippen LogP contribution in [0.3, 0.4) is 0 Å². The molecule has 3 aliphatic carbocycles. The number of halogens is 1. The number of aliphatic hydroxyl groups excluding tert-OH is 1. The minimum absolute atomic E-state index is 0.354. The summed E-state index contributed by atoms with van der Waals surface area (Å²) in [6.07, 6.45) is 17.9. The molecule has 0 heterocycles. The van der Waals surface area contributed by atoms with E-state index in [1.807, 2.05) is 0 Å². The van der Waals surface area contributed by atoms with Crippen molar-refractivity contribution in [1.29, 1.82) is 0 Å². The first-order valence-corrected chi connectivity index (χ1v) is 14.5. The third kappa shape index (κ3) is 5.74. The summed E-state index contributed by atoms with van der Waals surface area (Å²) in [4.78, 5) is 0. The summed E-state index contributed by atoms with van der Waals surface area (Å²) in [5.74, 6) is 2.27. The van der Waals surface area contributed by atoms with E-state index < -0.39 is 5.60 Å². The van der Waals surface area contributed by atoms with E-state index in [9.17, 15) is 10.2 Å². The Morgan fingerprint density at radius 2 is 1.94 bits per heavy atom. The molecule has 3 aliphatic rings. The van der Waals surface area contributed by atoms with Gasteiger partial charge in [0.25, 0.3) is 0 Å². The largest absolute Gasteiger partial charge is 0.390 e. The van der Waals surface area contributed by atoms with Gasteiger partial charge in [0.2, 0.25) is 0 Å². The fourth-order valence-electron chi connectivity index (χ4n) is 7.17. The summed E-state index contributed by atoms with van der Waals surface area (Å²) in [5.41, 5.74) is 4.01. The third-order valence-corrected chi connectivity index (χ3v) is 10.8. The lowest BCUT2D eigenvalue weighted by molar-refractivity contribution is 0.0178. The quantitative estimate of drug-likeness (QED) is 0.182. The molecule has 0 radical (unpaired) electrons. The Morgan fingerprint density at radius 3 is 2.59 bits per heavy atom. The van der Waals surface area contributed by atoms with Crippen LogP contribution in [-0.4, -0.2) is 25.8 Å². The van der Waals surface area contributed by atoms with Gasteiger partial charge >= 0.3 is 0 Å². The summed E-state index contributed by atoms with van der Waals surface area (Å²) in [5, 5.41) is 21.0.